The van der Waals surface area contributed by atoms with Gasteiger partial charge in [0.25, 0.3) is 0 Å². The molecule has 0 radical (unpaired) electrons. The summed E-state index contributed by atoms with van der Waals surface area (Å²) >= 11 is 0. The zero-order chi connectivity index (χ0) is 50.6. The van der Waals surface area contributed by atoms with Crippen LogP contribution < -0.4 is 9.80 Å². The van der Waals surface area contributed by atoms with Gasteiger partial charge in [-0.05, 0) is 93.0 Å². The van der Waals surface area contributed by atoms with Crippen molar-refractivity contribution in [1.82, 2.24) is 0 Å². The lowest BCUT2D eigenvalue weighted by atomic mass is 9.90. The molecule has 392 valence electrons. The number of fused-ring (bicyclic) bond motifs is 1. The summed E-state index contributed by atoms with van der Waals surface area (Å²) in [4.78, 5) is 5.73. The van der Waals surface area contributed by atoms with Gasteiger partial charge in [0.15, 0.2) is 0 Å². The molecule has 1 aliphatic heterocycles. The molecule has 72 heavy (non-hydrogen) atoms. The summed E-state index contributed by atoms with van der Waals surface area (Å²) in [5.74, 6) is 0.672. The lowest BCUT2D eigenvalue weighted by Crippen LogP contribution is -2.62. The minimum Gasteiger partial charge on any atom is -0.348 e. The number of nitrogens with zero attached hydrogens (tertiary/aromatic N) is 6. The molecule has 0 amide bonds. The van der Waals surface area contributed by atoms with Crippen LogP contribution in [0.25, 0.3) is 21.5 Å². The van der Waals surface area contributed by atoms with E-state index >= 15 is 0 Å². The Balaban J connectivity index is 1.26. The van der Waals surface area contributed by atoms with Crippen molar-refractivity contribution in [1.29, 1.82) is 0 Å². The summed E-state index contributed by atoms with van der Waals surface area (Å²) in [6, 6.07) is 32.7. The van der Waals surface area contributed by atoms with Crippen LogP contribution in [0.15, 0.2) is 111 Å². The third-order valence-electron chi connectivity index (χ3n) is 16.1. The van der Waals surface area contributed by atoms with E-state index in [0.29, 0.717) is 5.92 Å². The van der Waals surface area contributed by atoms with E-state index in [0.717, 1.165) is 53.0 Å². The predicted octanol–water partition coefficient (Wildman–Crippen LogP) is 22.7. The third kappa shape index (κ3) is 17.0. The van der Waals surface area contributed by atoms with E-state index in [1.165, 1.54) is 214 Å². The molecule has 2 atom stereocenters. The number of unbranched alkanes of at least 4 members (excludes halogenated alkanes) is 24. The molecule has 0 bridgehead atoms. The Bertz CT molecular complexity index is 2310. The summed E-state index contributed by atoms with van der Waals surface area (Å²) in [7, 11) is 0. The summed E-state index contributed by atoms with van der Waals surface area (Å²) in [6.07, 6.45) is 39.9. The minimum atomic E-state index is -0.0966. The topological polar surface area (TPSA) is 55.9 Å². The Hall–Kier alpha value is -4.58. The van der Waals surface area contributed by atoms with Crippen molar-refractivity contribution >= 4 is 55.7 Å². The molecule has 2 unspecified atom stereocenters. The molecule has 6 heteroatoms. The number of hydrogen-bond acceptors (Lipinski definition) is 6. The Kier molecular flexibility index (Phi) is 25.1. The maximum atomic E-state index is 5.12. The van der Waals surface area contributed by atoms with E-state index in [4.69, 9.17) is 15.3 Å². The van der Waals surface area contributed by atoms with Crippen LogP contribution in [0.2, 0.25) is 0 Å². The van der Waals surface area contributed by atoms with Gasteiger partial charge in [-0.2, -0.15) is 5.11 Å². The summed E-state index contributed by atoms with van der Waals surface area (Å²) in [5, 5.41) is 24.2. The highest BCUT2D eigenvalue weighted by Crippen LogP contribution is 2.50. The highest BCUT2D eigenvalue weighted by molar-refractivity contribution is 6.10. The normalized spacial score (nSPS) is 15.3. The fraction of sp³-hybridized carbons (Fsp3) is 0.606. The number of anilines is 2. The van der Waals surface area contributed by atoms with E-state index in [-0.39, 0.29) is 5.66 Å². The predicted molar refractivity (Wildman–Crippen MR) is 315 cm³/mol. The van der Waals surface area contributed by atoms with Gasteiger partial charge in [0.2, 0.25) is 0 Å². The molecule has 6 nitrogen and oxygen atoms in total. The van der Waals surface area contributed by atoms with Crippen LogP contribution in [0.1, 0.15) is 233 Å². The van der Waals surface area contributed by atoms with Crippen molar-refractivity contribution < 1.29 is 0 Å². The van der Waals surface area contributed by atoms with Crippen LogP contribution >= 0.6 is 0 Å². The van der Waals surface area contributed by atoms with Gasteiger partial charge in [0.1, 0.15) is 5.66 Å². The van der Waals surface area contributed by atoms with E-state index in [2.05, 4.69) is 141 Å². The van der Waals surface area contributed by atoms with Gasteiger partial charge in [0, 0.05) is 46.0 Å². The lowest BCUT2D eigenvalue weighted by Gasteiger charge is -2.55. The fourth-order valence-corrected chi connectivity index (χ4v) is 11.4. The second kappa shape index (κ2) is 31.9. The van der Waals surface area contributed by atoms with Gasteiger partial charge >= 0.3 is 0 Å². The van der Waals surface area contributed by atoms with Crippen LogP contribution in [0, 0.1) is 5.92 Å². The molecule has 0 fully saturated rings. The zero-order valence-corrected chi connectivity index (χ0v) is 46.5. The van der Waals surface area contributed by atoms with E-state index in [9.17, 15) is 0 Å². The molecule has 0 aliphatic carbocycles. The highest BCUT2D eigenvalue weighted by Gasteiger charge is 2.42. The van der Waals surface area contributed by atoms with Gasteiger partial charge < -0.3 is 9.80 Å². The third-order valence-corrected chi connectivity index (χ3v) is 16.1. The van der Waals surface area contributed by atoms with E-state index in [1.807, 2.05) is 6.07 Å². The second-order valence-corrected chi connectivity index (χ2v) is 22.0. The Morgan fingerprint density at radius 2 is 0.806 bits per heavy atom. The molecular weight excluding hydrogens is 877 g/mol. The Labute approximate surface area is 439 Å². The van der Waals surface area contributed by atoms with Gasteiger partial charge in [-0.15, -0.1) is 15.3 Å². The quantitative estimate of drug-likeness (QED) is 0.0294. The monoisotopic (exact) mass is 975 g/mol. The lowest BCUT2D eigenvalue weighted by molar-refractivity contribution is 0.341. The van der Waals surface area contributed by atoms with Crippen molar-refractivity contribution in [2.75, 3.05) is 22.9 Å². The fourth-order valence-electron chi connectivity index (χ4n) is 11.4. The molecule has 0 saturated heterocycles. The second-order valence-electron chi connectivity index (χ2n) is 22.0. The van der Waals surface area contributed by atoms with Gasteiger partial charge in [0.05, 0.1) is 22.7 Å². The van der Waals surface area contributed by atoms with Crippen molar-refractivity contribution in [2.45, 2.75) is 240 Å². The minimum absolute atomic E-state index is 0.0966. The van der Waals surface area contributed by atoms with Gasteiger partial charge in [-0.25, -0.2) is 0 Å². The van der Waals surface area contributed by atoms with Crippen LogP contribution in [0.3, 0.4) is 0 Å². The largest absolute Gasteiger partial charge is 0.348 e. The van der Waals surface area contributed by atoms with E-state index in [1.54, 1.807) is 0 Å². The maximum absolute atomic E-state index is 5.12. The molecule has 1 aliphatic rings. The molecule has 0 saturated carbocycles. The maximum Gasteiger partial charge on any atom is 0.110 e. The average Bonchev–Trinajstić information content (AvgIpc) is 3.40. The highest BCUT2D eigenvalue weighted by atomic mass is 15.4. The van der Waals surface area contributed by atoms with Crippen LogP contribution in [-0.4, -0.2) is 18.8 Å². The van der Waals surface area contributed by atoms with Crippen LogP contribution in [0.5, 0.6) is 0 Å². The number of benzene rings is 5. The molecule has 5 aromatic rings. The molecule has 1 heterocycles. The van der Waals surface area contributed by atoms with Crippen LogP contribution in [-0.2, 0) is 6.42 Å². The number of rotatable bonds is 37. The van der Waals surface area contributed by atoms with Gasteiger partial charge in [-0.1, -0.05) is 244 Å². The molecule has 0 aromatic heterocycles. The molecule has 0 N–H and O–H groups in total. The summed E-state index contributed by atoms with van der Waals surface area (Å²) in [6.45, 7) is 16.3. The first-order chi connectivity index (χ1) is 35.4. The summed E-state index contributed by atoms with van der Waals surface area (Å²) in [5.41, 5.74) is 7.47. The molecular formula is C66H98N6. The van der Waals surface area contributed by atoms with E-state index < -0.39 is 0 Å². The van der Waals surface area contributed by atoms with Crippen molar-refractivity contribution in [3.63, 3.8) is 0 Å². The first-order valence-corrected chi connectivity index (χ1v) is 30.0. The first kappa shape index (κ1) is 56.7. The SMILES string of the molecule is CCCCCCCCCCCCCC1(C)N(CCCCCCCCCC)c2cccc3c(N=Nc4ccc(N=Nc5ccc(CC(C)CC)cc5)c5ccccc45)ccc(c23)N1CCCCCCCCCC. The summed E-state index contributed by atoms with van der Waals surface area (Å²) < 4.78 is 0. The average molecular weight is 976 g/mol. The van der Waals surface area contributed by atoms with Crippen molar-refractivity contribution in [3.8, 4) is 0 Å². The Morgan fingerprint density at radius 3 is 1.29 bits per heavy atom. The Morgan fingerprint density at radius 1 is 0.403 bits per heavy atom. The molecule has 6 rings (SSSR count). The van der Waals surface area contributed by atoms with Gasteiger partial charge in [-0.3, -0.25) is 0 Å². The van der Waals surface area contributed by atoms with Crippen molar-refractivity contribution in [3.05, 3.63) is 96.6 Å². The molecule has 5 aromatic carbocycles. The number of azo groups is 2. The zero-order valence-electron chi connectivity index (χ0n) is 46.5. The molecule has 0 spiro atoms. The smallest absolute Gasteiger partial charge is 0.110 e. The number of hydrogen-bond donors (Lipinski definition) is 0. The first-order valence-electron chi connectivity index (χ1n) is 30.0. The standard InChI is InChI=1S/C66H98N6/c1-7-11-14-17-20-23-24-25-26-29-34-50-66(6)71(51-35-30-27-21-18-15-12-8-2)63-41-37-40-59-62(48-49-64(65(59)63)72(66)52-36-31-28-22-19-16-13-9-3)70-69-61-47-46-60(57-38-32-33-39-58(57)61)68-67-56-44-42-55(43-45-56)53-54(5)10-4/h32-33,37-49,54H,7-31,34-36,50-53H2,1-6H3. The van der Waals surface area contributed by atoms with Crippen molar-refractivity contribution in [2.24, 2.45) is 26.4 Å². The van der Waals surface area contributed by atoms with Crippen LogP contribution in [0.4, 0.5) is 34.1 Å².